The Balaban J connectivity index is 1.55. The fourth-order valence-corrected chi connectivity index (χ4v) is 3.36. The van der Waals surface area contributed by atoms with Crippen LogP contribution in [0.5, 0.6) is 0 Å². The van der Waals surface area contributed by atoms with Crippen molar-refractivity contribution in [3.05, 3.63) is 87.8 Å². The number of benzene rings is 2. The van der Waals surface area contributed by atoms with Gasteiger partial charge in [0.1, 0.15) is 17.5 Å². The number of aromatic nitrogens is 2. The average molecular weight is 375 g/mol. The minimum Gasteiger partial charge on any atom is -0.370 e. The number of hydrogen-bond acceptors (Lipinski definition) is 4. The Morgan fingerprint density at radius 3 is 2.75 bits per heavy atom. The lowest BCUT2D eigenvalue weighted by Crippen LogP contribution is -2.44. The molecule has 2 heterocycles. The molecule has 1 aliphatic rings. The predicted octanol–water partition coefficient (Wildman–Crippen LogP) is 2.96. The molecule has 0 aliphatic carbocycles. The summed E-state index contributed by atoms with van der Waals surface area (Å²) in [5.74, 6) is 0.128. The second-order valence-corrected chi connectivity index (χ2v) is 6.87. The van der Waals surface area contributed by atoms with Crippen LogP contribution >= 0.6 is 0 Å². The molecule has 1 N–H and O–H groups in total. The molecule has 0 spiro atoms. The summed E-state index contributed by atoms with van der Waals surface area (Å²) in [6.45, 7) is 3.25. The van der Waals surface area contributed by atoms with E-state index in [1.165, 1.54) is 6.20 Å². The number of aromatic amines is 1. The van der Waals surface area contributed by atoms with Crippen molar-refractivity contribution in [3.8, 4) is 11.4 Å². The first-order valence-electron chi connectivity index (χ1n) is 9.24. The number of H-pyrrole nitrogens is 1. The lowest BCUT2D eigenvalue weighted by atomic mass is 10.1. The molecule has 142 valence electrons. The van der Waals surface area contributed by atoms with Crippen molar-refractivity contribution < 1.29 is 9.53 Å². The summed E-state index contributed by atoms with van der Waals surface area (Å²) in [4.78, 5) is 34.2. The summed E-state index contributed by atoms with van der Waals surface area (Å²) in [6.07, 6.45) is 1.17. The number of hydrogen-bond donors (Lipinski definition) is 1. The summed E-state index contributed by atoms with van der Waals surface area (Å²) < 4.78 is 5.80. The van der Waals surface area contributed by atoms with Crippen LogP contribution in [0.25, 0.3) is 11.4 Å². The zero-order valence-corrected chi connectivity index (χ0v) is 15.6. The molecule has 0 unspecified atom stereocenters. The van der Waals surface area contributed by atoms with Gasteiger partial charge in [-0.1, -0.05) is 54.1 Å². The number of aryl methyl sites for hydroxylation is 1. The van der Waals surface area contributed by atoms with Crippen LogP contribution in [0, 0.1) is 6.92 Å². The van der Waals surface area contributed by atoms with E-state index in [-0.39, 0.29) is 17.6 Å². The molecule has 0 radical (unpaired) electrons. The van der Waals surface area contributed by atoms with Crippen LogP contribution < -0.4 is 5.56 Å². The fraction of sp³-hybridized carbons (Fsp3) is 0.227. The normalized spacial score (nSPS) is 16.8. The Kier molecular flexibility index (Phi) is 5.04. The summed E-state index contributed by atoms with van der Waals surface area (Å²) in [5, 5.41) is 0. The number of amides is 1. The van der Waals surface area contributed by atoms with Crippen molar-refractivity contribution in [3.63, 3.8) is 0 Å². The van der Waals surface area contributed by atoms with Gasteiger partial charge in [0.05, 0.1) is 13.2 Å². The summed E-state index contributed by atoms with van der Waals surface area (Å²) in [5.41, 5.74) is 2.51. The molecule has 0 saturated carbocycles. The van der Waals surface area contributed by atoms with Gasteiger partial charge in [0, 0.05) is 18.3 Å². The zero-order chi connectivity index (χ0) is 19.5. The van der Waals surface area contributed by atoms with Gasteiger partial charge in [-0.15, -0.1) is 0 Å². The number of morpholine rings is 1. The molecule has 2 aromatic carbocycles. The topological polar surface area (TPSA) is 75.3 Å². The van der Waals surface area contributed by atoms with Gasteiger partial charge in [-0.3, -0.25) is 9.59 Å². The van der Waals surface area contributed by atoms with Crippen LogP contribution in [-0.4, -0.2) is 40.5 Å². The van der Waals surface area contributed by atoms with E-state index < -0.39 is 5.56 Å². The molecule has 4 rings (SSSR count). The van der Waals surface area contributed by atoms with E-state index in [2.05, 4.69) is 9.97 Å². The molecule has 1 atom stereocenters. The lowest BCUT2D eigenvalue weighted by Gasteiger charge is -2.33. The standard InChI is InChI=1S/C22H21N3O3/c1-15-6-5-9-17(12-15)20-23-13-18(21(26)24-20)22(27)25-10-11-28-19(14-25)16-7-3-2-4-8-16/h2-9,12-13,19H,10-11,14H2,1H3,(H,23,24,26)/t19-/m0/s1. The van der Waals surface area contributed by atoms with Gasteiger partial charge < -0.3 is 14.6 Å². The van der Waals surface area contributed by atoms with Crippen molar-refractivity contribution in [1.82, 2.24) is 14.9 Å². The Bertz CT molecular complexity index is 1050. The number of nitrogens with zero attached hydrogens (tertiary/aromatic N) is 2. The van der Waals surface area contributed by atoms with E-state index >= 15 is 0 Å². The van der Waals surface area contributed by atoms with Crippen LogP contribution in [0.3, 0.4) is 0 Å². The molecule has 0 bridgehead atoms. The Morgan fingerprint density at radius 1 is 1.18 bits per heavy atom. The van der Waals surface area contributed by atoms with Gasteiger partial charge in [-0.05, 0) is 18.6 Å². The van der Waals surface area contributed by atoms with Gasteiger partial charge in [0.25, 0.3) is 11.5 Å². The molecule has 6 heteroatoms. The maximum Gasteiger partial charge on any atom is 0.264 e. The third-order valence-corrected chi connectivity index (χ3v) is 4.85. The van der Waals surface area contributed by atoms with E-state index in [0.717, 1.165) is 16.7 Å². The molecule has 1 aliphatic heterocycles. The molecule has 1 fully saturated rings. The molecule has 1 saturated heterocycles. The highest BCUT2D eigenvalue weighted by atomic mass is 16.5. The predicted molar refractivity (Wildman–Crippen MR) is 106 cm³/mol. The number of nitrogens with one attached hydrogen (secondary N) is 1. The van der Waals surface area contributed by atoms with Gasteiger partial charge in [0.2, 0.25) is 0 Å². The van der Waals surface area contributed by atoms with Gasteiger partial charge >= 0.3 is 0 Å². The highest BCUT2D eigenvalue weighted by Gasteiger charge is 2.27. The number of ether oxygens (including phenoxy) is 1. The third-order valence-electron chi connectivity index (χ3n) is 4.85. The van der Waals surface area contributed by atoms with Gasteiger partial charge in [-0.2, -0.15) is 0 Å². The first-order chi connectivity index (χ1) is 13.6. The summed E-state index contributed by atoms with van der Waals surface area (Å²) in [6, 6.07) is 17.5. The minimum absolute atomic E-state index is 0.0464. The molecule has 6 nitrogen and oxygen atoms in total. The quantitative estimate of drug-likeness (QED) is 0.764. The van der Waals surface area contributed by atoms with Crippen molar-refractivity contribution in [2.24, 2.45) is 0 Å². The second kappa shape index (κ2) is 7.78. The Hall–Kier alpha value is -3.25. The van der Waals surface area contributed by atoms with Crippen molar-refractivity contribution in [2.75, 3.05) is 19.7 Å². The smallest absolute Gasteiger partial charge is 0.264 e. The van der Waals surface area contributed by atoms with E-state index in [0.29, 0.717) is 25.5 Å². The second-order valence-electron chi connectivity index (χ2n) is 6.87. The fourth-order valence-electron chi connectivity index (χ4n) is 3.36. The SMILES string of the molecule is Cc1cccc(-c2ncc(C(=O)N3CCO[C@H](c4ccccc4)C3)c(=O)[nH]2)c1. The third kappa shape index (κ3) is 3.73. The van der Waals surface area contributed by atoms with Crippen molar-refractivity contribution >= 4 is 5.91 Å². The highest BCUT2D eigenvalue weighted by molar-refractivity contribution is 5.93. The molecule has 3 aromatic rings. The number of rotatable bonds is 3. The van der Waals surface area contributed by atoms with E-state index in [4.69, 9.17) is 4.74 Å². The van der Waals surface area contributed by atoms with Crippen LogP contribution in [0.1, 0.15) is 27.6 Å². The van der Waals surface area contributed by atoms with Crippen molar-refractivity contribution in [2.45, 2.75) is 13.0 Å². The van der Waals surface area contributed by atoms with E-state index in [1.54, 1.807) is 4.90 Å². The first-order valence-corrected chi connectivity index (χ1v) is 9.24. The Morgan fingerprint density at radius 2 is 2.00 bits per heavy atom. The van der Waals surface area contributed by atoms with Crippen LogP contribution in [0.15, 0.2) is 65.6 Å². The largest absolute Gasteiger partial charge is 0.370 e. The van der Waals surface area contributed by atoms with Crippen LogP contribution in [0.2, 0.25) is 0 Å². The van der Waals surface area contributed by atoms with Gasteiger partial charge in [0.15, 0.2) is 0 Å². The van der Waals surface area contributed by atoms with Crippen molar-refractivity contribution in [1.29, 1.82) is 0 Å². The molecule has 28 heavy (non-hydrogen) atoms. The van der Waals surface area contributed by atoms with E-state index in [1.807, 2.05) is 61.5 Å². The Labute approximate surface area is 162 Å². The monoisotopic (exact) mass is 375 g/mol. The maximum atomic E-state index is 12.9. The summed E-state index contributed by atoms with van der Waals surface area (Å²) >= 11 is 0. The number of carbonyl (C=O) groups excluding carboxylic acids is 1. The lowest BCUT2D eigenvalue weighted by molar-refractivity contribution is -0.0229. The average Bonchev–Trinajstić information content (AvgIpc) is 2.74. The molecular weight excluding hydrogens is 354 g/mol. The van der Waals surface area contributed by atoms with Crippen LogP contribution in [-0.2, 0) is 4.74 Å². The number of carbonyl (C=O) groups is 1. The van der Waals surface area contributed by atoms with Crippen LogP contribution in [0.4, 0.5) is 0 Å². The first kappa shape index (κ1) is 18.1. The molecule has 1 amide bonds. The maximum absolute atomic E-state index is 12.9. The zero-order valence-electron chi connectivity index (χ0n) is 15.6. The van der Waals surface area contributed by atoms with Gasteiger partial charge in [-0.25, -0.2) is 4.98 Å². The molecular formula is C22H21N3O3. The summed E-state index contributed by atoms with van der Waals surface area (Å²) in [7, 11) is 0. The minimum atomic E-state index is -0.431. The molecule has 1 aromatic heterocycles. The van der Waals surface area contributed by atoms with E-state index in [9.17, 15) is 9.59 Å². The highest BCUT2D eigenvalue weighted by Crippen LogP contribution is 2.23.